The largest absolute Gasteiger partial charge is 0.325 e. The van der Waals surface area contributed by atoms with Crippen LogP contribution in [0.4, 0.5) is 5.69 Å². The molecule has 0 radical (unpaired) electrons. The minimum atomic E-state index is 0.0299. The fourth-order valence-electron chi connectivity index (χ4n) is 4.03. The molecule has 1 heterocycles. The van der Waals surface area contributed by atoms with Gasteiger partial charge in [-0.25, -0.2) is 0 Å². The summed E-state index contributed by atoms with van der Waals surface area (Å²) in [5, 5.41) is 3.08. The molecule has 2 aliphatic rings. The van der Waals surface area contributed by atoms with Crippen LogP contribution in [0.15, 0.2) is 24.3 Å². The van der Waals surface area contributed by atoms with Crippen molar-refractivity contribution in [3.63, 3.8) is 0 Å². The van der Waals surface area contributed by atoms with Crippen LogP contribution in [0, 0.1) is 12.3 Å². The van der Waals surface area contributed by atoms with Crippen LogP contribution in [-0.4, -0.2) is 59.4 Å². The van der Waals surface area contributed by atoms with E-state index in [0.717, 1.165) is 38.2 Å². The third-order valence-corrected chi connectivity index (χ3v) is 6.40. The maximum atomic E-state index is 12.6. The van der Waals surface area contributed by atoms with Crippen LogP contribution in [0.3, 0.4) is 0 Å². The number of terminal acetylenes is 1. The molecule has 1 aliphatic carbocycles. The van der Waals surface area contributed by atoms with Gasteiger partial charge in [-0.05, 0) is 30.5 Å². The first-order valence-corrected chi connectivity index (χ1v) is 11.3. The molecular formula is C22H31N3OS. The second-order valence-corrected chi connectivity index (χ2v) is 8.76. The third kappa shape index (κ3) is 6.57. The molecule has 2 fully saturated rings. The van der Waals surface area contributed by atoms with Crippen molar-refractivity contribution < 1.29 is 4.79 Å². The second-order valence-electron chi connectivity index (χ2n) is 7.54. The minimum Gasteiger partial charge on any atom is -0.325 e. The molecule has 0 atom stereocenters. The zero-order valence-electron chi connectivity index (χ0n) is 16.2. The highest BCUT2D eigenvalue weighted by molar-refractivity contribution is 7.99. The molecule has 1 saturated heterocycles. The van der Waals surface area contributed by atoms with Crippen LogP contribution in [0.1, 0.15) is 37.7 Å². The van der Waals surface area contributed by atoms with Gasteiger partial charge in [0.25, 0.3) is 0 Å². The van der Waals surface area contributed by atoms with Crippen molar-refractivity contribution in [2.75, 3.05) is 43.0 Å². The molecule has 5 heteroatoms. The molecule has 0 spiro atoms. The molecule has 3 rings (SSSR count). The quantitative estimate of drug-likeness (QED) is 0.730. The lowest BCUT2D eigenvalue weighted by atomic mass is 9.94. The predicted molar refractivity (Wildman–Crippen MR) is 115 cm³/mol. The lowest BCUT2D eigenvalue weighted by molar-refractivity contribution is -0.117. The molecule has 1 amide bonds. The zero-order chi connectivity index (χ0) is 18.9. The molecule has 146 valence electrons. The highest BCUT2D eigenvalue weighted by atomic mass is 32.2. The van der Waals surface area contributed by atoms with E-state index in [1.165, 1.54) is 36.3 Å². The summed E-state index contributed by atoms with van der Waals surface area (Å²) in [6.45, 7) is 4.16. The van der Waals surface area contributed by atoms with Crippen LogP contribution in [0.25, 0.3) is 0 Å². The summed E-state index contributed by atoms with van der Waals surface area (Å²) in [6.07, 6.45) is 11.6. The predicted octanol–water partition coefficient (Wildman–Crippen LogP) is 3.44. The first-order valence-electron chi connectivity index (χ1n) is 10.1. The van der Waals surface area contributed by atoms with Gasteiger partial charge in [0.15, 0.2) is 0 Å². The van der Waals surface area contributed by atoms with E-state index in [0.29, 0.717) is 19.1 Å². The molecule has 1 saturated carbocycles. The van der Waals surface area contributed by atoms with Crippen LogP contribution in [-0.2, 0) is 11.3 Å². The summed E-state index contributed by atoms with van der Waals surface area (Å²) in [5.41, 5.74) is 2.14. The monoisotopic (exact) mass is 385 g/mol. The summed E-state index contributed by atoms with van der Waals surface area (Å²) >= 11 is 2.02. The van der Waals surface area contributed by atoms with Gasteiger partial charge in [0.2, 0.25) is 5.91 Å². The second kappa shape index (κ2) is 10.8. The first-order chi connectivity index (χ1) is 13.2. The molecule has 4 nitrogen and oxygen atoms in total. The van der Waals surface area contributed by atoms with Crippen LogP contribution >= 0.6 is 11.8 Å². The van der Waals surface area contributed by atoms with Gasteiger partial charge in [-0.15, -0.1) is 6.42 Å². The fraction of sp³-hybridized carbons (Fsp3) is 0.591. The molecule has 1 aromatic carbocycles. The Hall–Kier alpha value is -1.48. The van der Waals surface area contributed by atoms with Gasteiger partial charge in [0.05, 0.1) is 13.1 Å². The van der Waals surface area contributed by atoms with Gasteiger partial charge in [0, 0.05) is 42.9 Å². The van der Waals surface area contributed by atoms with Crippen molar-refractivity contribution in [3.8, 4) is 12.3 Å². The lowest BCUT2D eigenvalue weighted by Gasteiger charge is -2.32. The van der Waals surface area contributed by atoms with Crippen LogP contribution in [0.5, 0.6) is 0 Å². The summed E-state index contributed by atoms with van der Waals surface area (Å²) in [7, 11) is 0. The van der Waals surface area contributed by atoms with E-state index in [1.54, 1.807) is 0 Å². The zero-order valence-corrected chi connectivity index (χ0v) is 17.0. The average Bonchev–Trinajstić information content (AvgIpc) is 2.69. The van der Waals surface area contributed by atoms with Gasteiger partial charge in [-0.1, -0.05) is 37.3 Å². The Bertz CT molecular complexity index is 645. The molecule has 1 aliphatic heterocycles. The summed E-state index contributed by atoms with van der Waals surface area (Å²) in [6, 6.07) is 8.70. The molecule has 1 aromatic rings. The lowest BCUT2D eigenvalue weighted by Crippen LogP contribution is -2.42. The van der Waals surface area contributed by atoms with E-state index in [4.69, 9.17) is 6.42 Å². The highest BCUT2D eigenvalue weighted by Gasteiger charge is 2.22. The van der Waals surface area contributed by atoms with Crippen molar-refractivity contribution >= 4 is 23.4 Å². The fourth-order valence-corrected chi connectivity index (χ4v) is 5.01. The number of carbonyl (C=O) groups is 1. The summed E-state index contributed by atoms with van der Waals surface area (Å²) in [5.74, 6) is 5.18. The third-order valence-electron chi connectivity index (χ3n) is 5.45. The van der Waals surface area contributed by atoms with Gasteiger partial charge in [-0.3, -0.25) is 14.6 Å². The number of nitrogens with one attached hydrogen (secondary N) is 1. The Kier molecular flexibility index (Phi) is 8.07. The van der Waals surface area contributed by atoms with Gasteiger partial charge in [-0.2, -0.15) is 11.8 Å². The number of hydrogen-bond acceptors (Lipinski definition) is 4. The molecular weight excluding hydrogens is 354 g/mol. The maximum Gasteiger partial charge on any atom is 0.238 e. The number of amides is 1. The maximum absolute atomic E-state index is 12.6. The topological polar surface area (TPSA) is 35.6 Å². The van der Waals surface area contributed by atoms with Crippen LogP contribution < -0.4 is 5.32 Å². The SMILES string of the molecule is C#CCN(CC(=O)Nc1cccc(CN2CCSCC2)c1)C1CCCCC1. The van der Waals surface area contributed by atoms with E-state index in [2.05, 4.69) is 33.2 Å². The Balaban J connectivity index is 1.54. The van der Waals surface area contributed by atoms with Gasteiger partial charge in [0.1, 0.15) is 0 Å². The van der Waals surface area contributed by atoms with E-state index >= 15 is 0 Å². The van der Waals surface area contributed by atoms with Crippen molar-refractivity contribution in [1.82, 2.24) is 9.80 Å². The smallest absolute Gasteiger partial charge is 0.238 e. The number of carbonyl (C=O) groups excluding carboxylic acids is 1. The molecule has 1 N–H and O–H groups in total. The average molecular weight is 386 g/mol. The van der Waals surface area contributed by atoms with E-state index < -0.39 is 0 Å². The first kappa shape index (κ1) is 20.3. The molecule has 0 unspecified atom stereocenters. The van der Waals surface area contributed by atoms with Gasteiger partial charge >= 0.3 is 0 Å². The normalized spacial score (nSPS) is 19.0. The van der Waals surface area contributed by atoms with Crippen molar-refractivity contribution in [2.45, 2.75) is 44.7 Å². The van der Waals surface area contributed by atoms with Crippen molar-refractivity contribution in [1.29, 1.82) is 0 Å². The number of anilines is 1. The van der Waals surface area contributed by atoms with Crippen molar-refractivity contribution in [3.05, 3.63) is 29.8 Å². The molecule has 27 heavy (non-hydrogen) atoms. The highest BCUT2D eigenvalue weighted by Crippen LogP contribution is 2.22. The van der Waals surface area contributed by atoms with E-state index in [1.807, 2.05) is 23.9 Å². The standard InChI is InChI=1S/C22H31N3OS/c1-2-11-25(21-9-4-3-5-10-21)18-22(26)23-20-8-6-7-19(16-20)17-24-12-14-27-15-13-24/h1,6-8,16,21H,3-5,9-15,17-18H2,(H,23,26). The van der Waals surface area contributed by atoms with Crippen molar-refractivity contribution in [2.24, 2.45) is 0 Å². The minimum absolute atomic E-state index is 0.0299. The summed E-state index contributed by atoms with van der Waals surface area (Å²) in [4.78, 5) is 17.3. The van der Waals surface area contributed by atoms with E-state index in [-0.39, 0.29) is 5.91 Å². The number of nitrogens with zero attached hydrogens (tertiary/aromatic N) is 2. The Morgan fingerprint density at radius 3 is 2.78 bits per heavy atom. The summed E-state index contributed by atoms with van der Waals surface area (Å²) < 4.78 is 0. The molecule has 0 bridgehead atoms. The Morgan fingerprint density at radius 2 is 2.04 bits per heavy atom. The number of rotatable bonds is 7. The number of hydrogen-bond donors (Lipinski definition) is 1. The number of thioether (sulfide) groups is 1. The van der Waals surface area contributed by atoms with E-state index in [9.17, 15) is 4.79 Å². The molecule has 0 aromatic heterocycles. The Morgan fingerprint density at radius 1 is 1.26 bits per heavy atom. The van der Waals surface area contributed by atoms with Crippen LogP contribution in [0.2, 0.25) is 0 Å². The Labute approximate surface area is 168 Å². The number of benzene rings is 1. The van der Waals surface area contributed by atoms with Gasteiger partial charge < -0.3 is 5.32 Å².